The summed E-state index contributed by atoms with van der Waals surface area (Å²) in [7, 11) is -2.90. The SMILES string of the molecule is Cc1ccc(C(=O)NC[C@@H]2CCS(=O)(=O)C2)cc1-n1cccc1. The first-order valence-corrected chi connectivity index (χ1v) is 9.49. The maximum Gasteiger partial charge on any atom is 0.251 e. The Morgan fingerprint density at radius 3 is 2.70 bits per heavy atom. The van der Waals surface area contributed by atoms with Gasteiger partial charge in [-0.05, 0) is 49.1 Å². The molecule has 1 N–H and O–H groups in total. The van der Waals surface area contributed by atoms with Gasteiger partial charge in [0.1, 0.15) is 0 Å². The molecule has 0 radical (unpaired) electrons. The lowest BCUT2D eigenvalue weighted by Crippen LogP contribution is -2.29. The van der Waals surface area contributed by atoms with Gasteiger partial charge in [-0.15, -0.1) is 0 Å². The van der Waals surface area contributed by atoms with Crippen LogP contribution in [0.15, 0.2) is 42.7 Å². The fourth-order valence-electron chi connectivity index (χ4n) is 2.90. The number of carbonyl (C=O) groups is 1. The number of aromatic nitrogens is 1. The summed E-state index contributed by atoms with van der Waals surface area (Å²) in [4.78, 5) is 12.3. The molecular formula is C17H20N2O3S. The molecule has 1 amide bonds. The van der Waals surface area contributed by atoms with Crippen LogP contribution < -0.4 is 5.32 Å². The number of nitrogens with one attached hydrogen (secondary N) is 1. The molecule has 1 saturated heterocycles. The maximum atomic E-state index is 12.3. The molecule has 23 heavy (non-hydrogen) atoms. The number of nitrogens with zero attached hydrogens (tertiary/aromatic N) is 1. The smallest absolute Gasteiger partial charge is 0.251 e. The van der Waals surface area contributed by atoms with E-state index >= 15 is 0 Å². The molecule has 1 aliphatic rings. The van der Waals surface area contributed by atoms with E-state index in [2.05, 4.69) is 5.32 Å². The van der Waals surface area contributed by atoms with Gasteiger partial charge in [0, 0.05) is 30.2 Å². The van der Waals surface area contributed by atoms with E-state index in [9.17, 15) is 13.2 Å². The summed E-state index contributed by atoms with van der Waals surface area (Å²) >= 11 is 0. The van der Waals surface area contributed by atoms with Crippen LogP contribution in [0.3, 0.4) is 0 Å². The number of hydrogen-bond acceptors (Lipinski definition) is 3. The van der Waals surface area contributed by atoms with Crippen molar-refractivity contribution < 1.29 is 13.2 Å². The molecule has 1 fully saturated rings. The highest BCUT2D eigenvalue weighted by Crippen LogP contribution is 2.19. The van der Waals surface area contributed by atoms with E-state index in [0.717, 1.165) is 11.3 Å². The zero-order valence-corrected chi connectivity index (χ0v) is 13.8. The first-order valence-electron chi connectivity index (χ1n) is 7.67. The van der Waals surface area contributed by atoms with Crippen LogP contribution in [-0.2, 0) is 9.84 Å². The Kier molecular flexibility index (Phi) is 4.26. The first kappa shape index (κ1) is 15.8. The highest BCUT2D eigenvalue weighted by Gasteiger charge is 2.28. The Morgan fingerprint density at radius 2 is 2.04 bits per heavy atom. The van der Waals surface area contributed by atoms with Gasteiger partial charge in [0.05, 0.1) is 11.5 Å². The molecule has 5 nitrogen and oxygen atoms in total. The molecule has 6 heteroatoms. The van der Waals surface area contributed by atoms with Crippen LogP contribution >= 0.6 is 0 Å². The van der Waals surface area contributed by atoms with Gasteiger partial charge in [-0.2, -0.15) is 0 Å². The van der Waals surface area contributed by atoms with Crippen LogP contribution in [-0.4, -0.2) is 36.9 Å². The van der Waals surface area contributed by atoms with E-state index in [4.69, 9.17) is 0 Å². The molecule has 1 atom stereocenters. The van der Waals surface area contributed by atoms with Gasteiger partial charge in [-0.25, -0.2) is 8.42 Å². The van der Waals surface area contributed by atoms with Gasteiger partial charge in [-0.1, -0.05) is 6.07 Å². The van der Waals surface area contributed by atoms with Crippen molar-refractivity contribution in [3.05, 3.63) is 53.9 Å². The molecule has 2 aromatic rings. The van der Waals surface area contributed by atoms with E-state index in [-0.39, 0.29) is 23.3 Å². The predicted molar refractivity (Wildman–Crippen MR) is 89.6 cm³/mol. The van der Waals surface area contributed by atoms with E-state index in [1.807, 2.05) is 48.1 Å². The number of hydrogen-bond donors (Lipinski definition) is 1. The largest absolute Gasteiger partial charge is 0.352 e. The number of benzene rings is 1. The van der Waals surface area contributed by atoms with Crippen LogP contribution in [0.25, 0.3) is 5.69 Å². The second-order valence-corrected chi connectivity index (χ2v) is 8.30. The number of amides is 1. The van der Waals surface area contributed by atoms with Crippen molar-refractivity contribution in [2.75, 3.05) is 18.1 Å². The Labute approximate surface area is 136 Å². The summed E-state index contributed by atoms with van der Waals surface area (Å²) in [5.74, 6) is 0.270. The van der Waals surface area contributed by atoms with Gasteiger partial charge >= 0.3 is 0 Å². The molecular weight excluding hydrogens is 312 g/mol. The lowest BCUT2D eigenvalue weighted by Gasteiger charge is -2.12. The van der Waals surface area contributed by atoms with E-state index < -0.39 is 9.84 Å². The molecule has 0 unspecified atom stereocenters. The Morgan fingerprint density at radius 1 is 1.30 bits per heavy atom. The molecule has 1 aromatic carbocycles. The monoisotopic (exact) mass is 332 g/mol. The van der Waals surface area contributed by atoms with Crippen molar-refractivity contribution in [1.82, 2.24) is 9.88 Å². The van der Waals surface area contributed by atoms with Crippen molar-refractivity contribution in [1.29, 1.82) is 0 Å². The van der Waals surface area contributed by atoms with Crippen molar-refractivity contribution in [3.63, 3.8) is 0 Å². The third-order valence-electron chi connectivity index (χ3n) is 4.23. The van der Waals surface area contributed by atoms with Crippen molar-refractivity contribution in [2.45, 2.75) is 13.3 Å². The fourth-order valence-corrected chi connectivity index (χ4v) is 4.76. The molecule has 0 bridgehead atoms. The Hall–Kier alpha value is -2.08. The summed E-state index contributed by atoms with van der Waals surface area (Å²) in [5, 5.41) is 2.86. The van der Waals surface area contributed by atoms with E-state index in [1.165, 1.54) is 0 Å². The van der Waals surface area contributed by atoms with Gasteiger partial charge < -0.3 is 9.88 Å². The van der Waals surface area contributed by atoms with Gasteiger partial charge in [0.25, 0.3) is 5.91 Å². The lowest BCUT2D eigenvalue weighted by molar-refractivity contribution is 0.0948. The highest BCUT2D eigenvalue weighted by molar-refractivity contribution is 7.91. The molecule has 1 aromatic heterocycles. The number of aryl methyl sites for hydroxylation is 1. The molecule has 2 heterocycles. The zero-order chi connectivity index (χ0) is 16.4. The van der Waals surface area contributed by atoms with E-state index in [0.29, 0.717) is 18.5 Å². The highest BCUT2D eigenvalue weighted by atomic mass is 32.2. The first-order chi connectivity index (χ1) is 10.9. The minimum Gasteiger partial charge on any atom is -0.352 e. The Bertz CT molecular complexity index is 810. The van der Waals surface area contributed by atoms with Gasteiger partial charge in [0.15, 0.2) is 9.84 Å². The summed E-state index contributed by atoms with van der Waals surface area (Å²) in [6.07, 6.45) is 4.51. The minimum atomic E-state index is -2.90. The minimum absolute atomic E-state index is 0.0262. The van der Waals surface area contributed by atoms with Crippen LogP contribution in [0, 0.1) is 12.8 Å². The van der Waals surface area contributed by atoms with Gasteiger partial charge in [0.2, 0.25) is 0 Å². The maximum absolute atomic E-state index is 12.3. The normalized spacial score (nSPS) is 19.6. The summed E-state index contributed by atoms with van der Waals surface area (Å²) in [6.45, 7) is 2.41. The molecule has 0 aliphatic carbocycles. The average Bonchev–Trinajstić information content (AvgIpc) is 3.15. The average molecular weight is 332 g/mol. The topological polar surface area (TPSA) is 68.2 Å². The number of carbonyl (C=O) groups excluding carboxylic acids is 1. The Balaban J connectivity index is 1.69. The molecule has 122 valence electrons. The predicted octanol–water partition coefficient (Wildman–Crippen LogP) is 1.95. The number of sulfone groups is 1. The quantitative estimate of drug-likeness (QED) is 0.930. The fraction of sp³-hybridized carbons (Fsp3) is 0.353. The second kappa shape index (κ2) is 6.20. The lowest BCUT2D eigenvalue weighted by atomic mass is 10.1. The summed E-state index contributed by atoms with van der Waals surface area (Å²) in [5.41, 5.74) is 2.63. The van der Waals surface area contributed by atoms with Crippen molar-refractivity contribution >= 4 is 15.7 Å². The number of rotatable bonds is 4. The third kappa shape index (κ3) is 3.64. The summed E-state index contributed by atoms with van der Waals surface area (Å²) in [6, 6.07) is 9.45. The molecule has 3 rings (SSSR count). The summed E-state index contributed by atoms with van der Waals surface area (Å²) < 4.78 is 24.9. The molecule has 0 saturated carbocycles. The van der Waals surface area contributed by atoms with Crippen molar-refractivity contribution in [3.8, 4) is 5.69 Å². The van der Waals surface area contributed by atoms with Crippen molar-refractivity contribution in [2.24, 2.45) is 5.92 Å². The van der Waals surface area contributed by atoms with Crippen LogP contribution in [0.1, 0.15) is 22.3 Å². The third-order valence-corrected chi connectivity index (χ3v) is 6.07. The zero-order valence-electron chi connectivity index (χ0n) is 13.0. The van der Waals surface area contributed by atoms with E-state index in [1.54, 1.807) is 6.07 Å². The van der Waals surface area contributed by atoms with Gasteiger partial charge in [-0.3, -0.25) is 4.79 Å². The van der Waals surface area contributed by atoms with Crippen LogP contribution in [0.2, 0.25) is 0 Å². The van der Waals surface area contributed by atoms with Crippen LogP contribution in [0.5, 0.6) is 0 Å². The molecule has 0 spiro atoms. The second-order valence-electron chi connectivity index (χ2n) is 6.07. The molecule has 1 aliphatic heterocycles. The standard InChI is InChI=1S/C17H20N2O3S/c1-13-4-5-15(10-16(13)19-7-2-3-8-19)17(20)18-11-14-6-9-23(21,22)12-14/h2-5,7-8,10,14H,6,9,11-12H2,1H3,(H,18,20)/t14-/m0/s1. The van der Waals surface area contributed by atoms with Crippen LogP contribution in [0.4, 0.5) is 0 Å².